The van der Waals surface area contributed by atoms with Crippen molar-refractivity contribution in [2.75, 3.05) is 33.5 Å². The van der Waals surface area contributed by atoms with Crippen molar-refractivity contribution in [3.63, 3.8) is 0 Å². The molecule has 1 fully saturated rings. The third kappa shape index (κ3) is 5.53. The van der Waals surface area contributed by atoms with Crippen molar-refractivity contribution in [3.05, 3.63) is 41.5 Å². The molecular formula is C20H27N3O5. The fraction of sp³-hybridized carbons (Fsp3) is 0.550. The topological polar surface area (TPSA) is 86.9 Å². The van der Waals surface area contributed by atoms with Crippen LogP contribution in [0, 0.1) is 6.92 Å². The second kappa shape index (κ2) is 10.2. The van der Waals surface area contributed by atoms with Gasteiger partial charge in [0.2, 0.25) is 0 Å². The molecule has 1 saturated heterocycles. The van der Waals surface area contributed by atoms with Crippen LogP contribution < -0.4 is 4.74 Å². The van der Waals surface area contributed by atoms with Crippen molar-refractivity contribution < 1.29 is 23.5 Å². The number of amides is 1. The maximum Gasteiger partial charge on any atom is 0.261 e. The van der Waals surface area contributed by atoms with Gasteiger partial charge in [-0.1, -0.05) is 17.3 Å². The average Bonchev–Trinajstić information content (AvgIpc) is 3.18. The Labute approximate surface area is 164 Å². The summed E-state index contributed by atoms with van der Waals surface area (Å²) in [5, 5.41) is 4.07. The Bertz CT molecular complexity index is 764. The molecule has 2 aromatic rings. The molecule has 0 bridgehead atoms. The molecule has 1 aliphatic heterocycles. The molecule has 28 heavy (non-hydrogen) atoms. The Morgan fingerprint density at radius 3 is 3.04 bits per heavy atom. The molecular weight excluding hydrogens is 362 g/mol. The van der Waals surface area contributed by atoms with Crippen LogP contribution in [0.1, 0.15) is 42.6 Å². The number of piperidine rings is 1. The number of benzene rings is 1. The van der Waals surface area contributed by atoms with Crippen molar-refractivity contribution in [3.8, 4) is 5.75 Å². The van der Waals surface area contributed by atoms with Crippen LogP contribution in [0.4, 0.5) is 0 Å². The van der Waals surface area contributed by atoms with Crippen LogP contribution in [-0.4, -0.2) is 54.4 Å². The smallest absolute Gasteiger partial charge is 0.261 e. The fourth-order valence-corrected chi connectivity index (χ4v) is 3.20. The van der Waals surface area contributed by atoms with Gasteiger partial charge in [0.25, 0.3) is 11.8 Å². The van der Waals surface area contributed by atoms with Crippen LogP contribution in [0.5, 0.6) is 5.75 Å². The lowest BCUT2D eigenvalue weighted by atomic mass is 10.0. The van der Waals surface area contributed by atoms with Gasteiger partial charge in [-0.05, 0) is 43.9 Å². The first-order valence-electron chi connectivity index (χ1n) is 9.55. The van der Waals surface area contributed by atoms with Gasteiger partial charge < -0.3 is 23.6 Å². The molecule has 0 aliphatic carbocycles. The highest BCUT2D eigenvalue weighted by Gasteiger charge is 2.31. The number of hydrogen-bond donors (Lipinski definition) is 0. The molecule has 0 spiro atoms. The van der Waals surface area contributed by atoms with Crippen LogP contribution in [0.15, 0.2) is 28.8 Å². The third-order valence-corrected chi connectivity index (χ3v) is 4.61. The first-order valence-corrected chi connectivity index (χ1v) is 9.55. The van der Waals surface area contributed by atoms with Gasteiger partial charge in [-0.25, -0.2) is 0 Å². The summed E-state index contributed by atoms with van der Waals surface area (Å²) in [6, 6.07) is 7.47. The summed E-state index contributed by atoms with van der Waals surface area (Å²) < 4.78 is 21.3. The van der Waals surface area contributed by atoms with E-state index < -0.39 is 0 Å². The molecule has 152 valence electrons. The number of hydrogen-bond acceptors (Lipinski definition) is 7. The number of ether oxygens (including phenoxy) is 3. The average molecular weight is 389 g/mol. The zero-order chi connectivity index (χ0) is 19.8. The van der Waals surface area contributed by atoms with E-state index in [1.54, 1.807) is 12.0 Å². The van der Waals surface area contributed by atoms with E-state index in [4.69, 9.17) is 18.7 Å². The van der Waals surface area contributed by atoms with E-state index in [1.807, 2.05) is 31.2 Å². The van der Waals surface area contributed by atoms with Gasteiger partial charge in [0, 0.05) is 13.7 Å². The van der Waals surface area contributed by atoms with E-state index in [1.165, 1.54) is 0 Å². The zero-order valence-corrected chi connectivity index (χ0v) is 16.4. The standard InChI is InChI=1S/C20H27N3O5/c1-15-6-5-7-16(12-15)27-14-19(24)23-9-4-3-8-17(23)20-21-18(28-22-20)13-26-11-10-25-2/h5-7,12,17H,3-4,8-11,13-14H2,1-2H3. The van der Waals surface area contributed by atoms with Crippen molar-refractivity contribution in [2.24, 2.45) is 0 Å². The zero-order valence-electron chi connectivity index (χ0n) is 16.4. The molecule has 1 aromatic heterocycles. The molecule has 1 aromatic carbocycles. The predicted molar refractivity (Wildman–Crippen MR) is 101 cm³/mol. The highest BCUT2D eigenvalue weighted by atomic mass is 16.5. The summed E-state index contributed by atoms with van der Waals surface area (Å²) in [5.41, 5.74) is 1.09. The van der Waals surface area contributed by atoms with Gasteiger partial charge in [-0.3, -0.25) is 4.79 Å². The van der Waals surface area contributed by atoms with Crippen LogP contribution in [0.2, 0.25) is 0 Å². The molecule has 8 nitrogen and oxygen atoms in total. The Hall–Kier alpha value is -2.45. The van der Waals surface area contributed by atoms with Crippen molar-refractivity contribution in [1.29, 1.82) is 0 Å². The lowest BCUT2D eigenvalue weighted by Crippen LogP contribution is -2.41. The summed E-state index contributed by atoms with van der Waals surface area (Å²) in [7, 11) is 1.62. The van der Waals surface area contributed by atoms with E-state index in [-0.39, 0.29) is 25.2 Å². The molecule has 0 N–H and O–H groups in total. The summed E-state index contributed by atoms with van der Waals surface area (Å²) >= 11 is 0. The highest BCUT2D eigenvalue weighted by molar-refractivity contribution is 5.78. The molecule has 1 amide bonds. The van der Waals surface area contributed by atoms with Gasteiger partial charge in [-0.15, -0.1) is 0 Å². The minimum atomic E-state index is -0.196. The summed E-state index contributed by atoms with van der Waals surface area (Å²) in [4.78, 5) is 19.0. The maximum atomic E-state index is 12.8. The van der Waals surface area contributed by atoms with Crippen molar-refractivity contribution in [1.82, 2.24) is 15.0 Å². The summed E-state index contributed by atoms with van der Waals surface area (Å²) in [5.74, 6) is 1.54. The van der Waals surface area contributed by atoms with E-state index >= 15 is 0 Å². The number of carbonyl (C=O) groups is 1. The van der Waals surface area contributed by atoms with Crippen LogP contribution in [0.25, 0.3) is 0 Å². The molecule has 3 rings (SSSR count). The van der Waals surface area contributed by atoms with Crippen LogP contribution >= 0.6 is 0 Å². The minimum Gasteiger partial charge on any atom is -0.484 e. The van der Waals surface area contributed by atoms with E-state index in [0.29, 0.717) is 37.2 Å². The number of methoxy groups -OCH3 is 1. The highest BCUT2D eigenvalue weighted by Crippen LogP contribution is 2.29. The van der Waals surface area contributed by atoms with Crippen molar-refractivity contribution in [2.45, 2.75) is 38.8 Å². The normalized spacial score (nSPS) is 16.9. The maximum absolute atomic E-state index is 12.8. The van der Waals surface area contributed by atoms with Gasteiger partial charge in [0.1, 0.15) is 12.4 Å². The Kier molecular flexibility index (Phi) is 7.39. The van der Waals surface area contributed by atoms with E-state index in [0.717, 1.165) is 24.8 Å². The molecule has 2 heterocycles. The number of rotatable bonds is 9. The number of aryl methyl sites for hydroxylation is 1. The van der Waals surface area contributed by atoms with Gasteiger partial charge >= 0.3 is 0 Å². The first-order chi connectivity index (χ1) is 13.7. The Balaban J connectivity index is 1.58. The number of nitrogens with zero attached hydrogens (tertiary/aromatic N) is 3. The van der Waals surface area contributed by atoms with E-state index in [2.05, 4.69) is 10.1 Å². The predicted octanol–water partition coefficient (Wildman–Crippen LogP) is 2.67. The second-order valence-electron chi connectivity index (χ2n) is 6.80. The lowest BCUT2D eigenvalue weighted by molar-refractivity contribution is -0.137. The molecule has 1 aliphatic rings. The second-order valence-corrected chi connectivity index (χ2v) is 6.80. The lowest BCUT2D eigenvalue weighted by Gasteiger charge is -2.33. The van der Waals surface area contributed by atoms with Crippen molar-refractivity contribution >= 4 is 5.91 Å². The van der Waals surface area contributed by atoms with Gasteiger partial charge in [-0.2, -0.15) is 4.98 Å². The van der Waals surface area contributed by atoms with Gasteiger partial charge in [0.05, 0.1) is 19.3 Å². The Morgan fingerprint density at radius 2 is 2.21 bits per heavy atom. The fourth-order valence-electron chi connectivity index (χ4n) is 3.20. The third-order valence-electron chi connectivity index (χ3n) is 4.61. The minimum absolute atomic E-state index is 0.00914. The first kappa shape index (κ1) is 20.3. The molecule has 1 unspecified atom stereocenters. The molecule has 1 atom stereocenters. The SMILES string of the molecule is COCCOCc1nc(C2CCCCN2C(=O)COc2cccc(C)c2)no1. The van der Waals surface area contributed by atoms with Gasteiger partial charge in [0.15, 0.2) is 12.4 Å². The monoisotopic (exact) mass is 389 g/mol. The molecule has 0 radical (unpaired) electrons. The molecule has 0 saturated carbocycles. The Morgan fingerprint density at radius 1 is 1.32 bits per heavy atom. The largest absolute Gasteiger partial charge is 0.484 e. The number of likely N-dealkylation sites (tertiary alicyclic amines) is 1. The van der Waals surface area contributed by atoms with Crippen LogP contribution in [0.3, 0.4) is 0 Å². The van der Waals surface area contributed by atoms with Crippen LogP contribution in [-0.2, 0) is 20.9 Å². The molecule has 8 heteroatoms. The number of aromatic nitrogens is 2. The van der Waals surface area contributed by atoms with E-state index in [9.17, 15) is 4.79 Å². The number of carbonyl (C=O) groups excluding carboxylic acids is 1. The summed E-state index contributed by atoms with van der Waals surface area (Å²) in [6.45, 7) is 3.83. The quantitative estimate of drug-likeness (QED) is 0.609. The summed E-state index contributed by atoms with van der Waals surface area (Å²) in [6.07, 6.45) is 2.78.